The van der Waals surface area contributed by atoms with Crippen LogP contribution in [0.3, 0.4) is 0 Å². The van der Waals surface area contributed by atoms with Crippen LogP contribution in [0.2, 0.25) is 0 Å². The summed E-state index contributed by atoms with van der Waals surface area (Å²) in [5.41, 5.74) is 0. The van der Waals surface area contributed by atoms with Crippen LogP contribution in [0.1, 0.15) is 6.92 Å². The quantitative estimate of drug-likeness (QED) is 0.767. The fourth-order valence-electron chi connectivity index (χ4n) is 1.15. The van der Waals surface area contributed by atoms with Gasteiger partial charge in [-0.2, -0.15) is 0 Å². The molecule has 0 bridgehead atoms. The van der Waals surface area contributed by atoms with Crippen molar-refractivity contribution in [3.63, 3.8) is 0 Å². The molecule has 0 fully saturated rings. The molecule has 0 saturated carbocycles. The van der Waals surface area contributed by atoms with E-state index >= 15 is 0 Å². The third kappa shape index (κ3) is 4.01. The van der Waals surface area contributed by atoms with E-state index in [4.69, 9.17) is 5.11 Å². The molecule has 7 nitrogen and oxygen atoms in total. The fourth-order valence-corrected chi connectivity index (χ4v) is 3.16. The van der Waals surface area contributed by atoms with Gasteiger partial charge in [0.2, 0.25) is 5.91 Å². The molecule has 0 aliphatic heterocycles. The summed E-state index contributed by atoms with van der Waals surface area (Å²) in [6.45, 7) is 0.863. The van der Waals surface area contributed by atoms with Gasteiger partial charge in [-0.3, -0.25) is 4.79 Å². The van der Waals surface area contributed by atoms with Gasteiger partial charge in [-0.05, 0) is 18.4 Å². The van der Waals surface area contributed by atoms with E-state index in [-0.39, 0.29) is 4.21 Å². The minimum atomic E-state index is -3.72. The van der Waals surface area contributed by atoms with Crippen molar-refractivity contribution in [2.45, 2.75) is 17.2 Å². The molecule has 1 heterocycles. The van der Waals surface area contributed by atoms with Gasteiger partial charge in [0, 0.05) is 7.05 Å². The van der Waals surface area contributed by atoms with Crippen LogP contribution in [0.15, 0.2) is 21.7 Å². The van der Waals surface area contributed by atoms with Crippen LogP contribution >= 0.6 is 11.3 Å². The standard InChI is InChI=1S/C10H14N2O5S2/c1-7(10(14)15)12(2)8(13)6-11-19(16,17)9-4-3-5-18-9/h3-5,7,11H,6H2,1-2H3,(H,14,15). The third-order valence-corrected chi connectivity index (χ3v) is 5.30. The Bertz CT molecular complexity index is 552. The Hall–Kier alpha value is -1.45. The minimum absolute atomic E-state index is 0.106. The van der Waals surface area contributed by atoms with E-state index in [0.29, 0.717) is 0 Å². The summed E-state index contributed by atoms with van der Waals surface area (Å²) < 4.78 is 25.7. The van der Waals surface area contributed by atoms with Gasteiger partial charge in [0.05, 0.1) is 6.54 Å². The highest BCUT2D eigenvalue weighted by molar-refractivity contribution is 7.91. The average Bonchev–Trinajstić information content (AvgIpc) is 2.88. The van der Waals surface area contributed by atoms with E-state index in [2.05, 4.69) is 4.72 Å². The summed E-state index contributed by atoms with van der Waals surface area (Å²) in [6, 6.07) is 1.99. The molecule has 0 saturated heterocycles. The lowest BCUT2D eigenvalue weighted by Crippen LogP contribution is -2.45. The molecule has 1 unspecified atom stereocenters. The zero-order valence-corrected chi connectivity index (χ0v) is 12.0. The fraction of sp³-hybridized carbons (Fsp3) is 0.400. The van der Waals surface area contributed by atoms with Crippen molar-refractivity contribution < 1.29 is 23.1 Å². The second kappa shape index (κ2) is 6.13. The van der Waals surface area contributed by atoms with E-state index in [9.17, 15) is 18.0 Å². The topological polar surface area (TPSA) is 104 Å². The van der Waals surface area contributed by atoms with E-state index in [0.717, 1.165) is 16.2 Å². The number of nitrogens with zero attached hydrogens (tertiary/aromatic N) is 1. The lowest BCUT2D eigenvalue weighted by Gasteiger charge is -2.21. The van der Waals surface area contributed by atoms with Crippen LogP contribution in [-0.2, 0) is 19.6 Å². The summed E-state index contributed by atoms with van der Waals surface area (Å²) in [7, 11) is -2.41. The number of sulfonamides is 1. The van der Waals surface area contributed by atoms with Crippen molar-refractivity contribution in [2.75, 3.05) is 13.6 Å². The molecule has 106 valence electrons. The Balaban J connectivity index is 2.63. The number of carboxylic acid groups (broad SMARTS) is 1. The lowest BCUT2D eigenvalue weighted by molar-refractivity contribution is -0.147. The molecule has 0 spiro atoms. The molecule has 9 heteroatoms. The van der Waals surface area contributed by atoms with Crippen molar-refractivity contribution in [3.05, 3.63) is 17.5 Å². The van der Waals surface area contributed by atoms with Crippen molar-refractivity contribution in [3.8, 4) is 0 Å². The number of aliphatic carboxylic acids is 1. The molecule has 0 aromatic carbocycles. The number of nitrogens with one attached hydrogen (secondary N) is 1. The highest BCUT2D eigenvalue weighted by Crippen LogP contribution is 2.14. The Kier molecular flexibility index (Phi) is 5.04. The Labute approximate surface area is 114 Å². The maximum Gasteiger partial charge on any atom is 0.326 e. The molecular formula is C10H14N2O5S2. The minimum Gasteiger partial charge on any atom is -0.480 e. The largest absolute Gasteiger partial charge is 0.480 e. The number of amides is 1. The first-order valence-electron chi connectivity index (χ1n) is 5.27. The molecular weight excluding hydrogens is 292 g/mol. The summed E-state index contributed by atoms with van der Waals surface area (Å²) in [6.07, 6.45) is 0. The summed E-state index contributed by atoms with van der Waals surface area (Å²) in [4.78, 5) is 23.3. The van der Waals surface area contributed by atoms with E-state index < -0.39 is 34.5 Å². The number of carbonyl (C=O) groups excluding carboxylic acids is 1. The van der Waals surface area contributed by atoms with Crippen molar-refractivity contribution in [2.24, 2.45) is 0 Å². The predicted molar refractivity (Wildman–Crippen MR) is 69.4 cm³/mol. The van der Waals surface area contributed by atoms with Gasteiger partial charge < -0.3 is 10.0 Å². The molecule has 1 atom stereocenters. The van der Waals surface area contributed by atoms with Crippen LogP contribution in [0.25, 0.3) is 0 Å². The number of thiophene rings is 1. The van der Waals surface area contributed by atoms with Crippen molar-refractivity contribution >= 4 is 33.2 Å². The maximum atomic E-state index is 11.7. The smallest absolute Gasteiger partial charge is 0.326 e. The Morgan fingerprint density at radius 2 is 2.16 bits per heavy atom. The Morgan fingerprint density at radius 1 is 1.53 bits per heavy atom. The molecule has 1 rings (SSSR count). The molecule has 1 amide bonds. The molecule has 19 heavy (non-hydrogen) atoms. The van der Waals surface area contributed by atoms with Gasteiger partial charge >= 0.3 is 5.97 Å². The first-order chi connectivity index (χ1) is 8.75. The number of hydrogen-bond donors (Lipinski definition) is 2. The van der Waals surface area contributed by atoms with Gasteiger partial charge in [-0.15, -0.1) is 11.3 Å². The van der Waals surface area contributed by atoms with Gasteiger partial charge in [0.1, 0.15) is 10.3 Å². The molecule has 1 aromatic heterocycles. The molecule has 0 aliphatic rings. The normalized spacial score (nSPS) is 12.9. The van der Waals surface area contributed by atoms with E-state index in [1.54, 1.807) is 11.4 Å². The lowest BCUT2D eigenvalue weighted by atomic mass is 10.3. The molecule has 0 radical (unpaired) electrons. The first kappa shape index (κ1) is 15.6. The second-order valence-corrected chi connectivity index (χ2v) is 6.72. The van der Waals surface area contributed by atoms with Gasteiger partial charge in [0.15, 0.2) is 0 Å². The highest BCUT2D eigenvalue weighted by Gasteiger charge is 2.23. The van der Waals surface area contributed by atoms with E-state index in [1.165, 1.54) is 20.0 Å². The number of carboxylic acids is 1. The molecule has 0 aliphatic carbocycles. The zero-order valence-electron chi connectivity index (χ0n) is 10.4. The number of likely N-dealkylation sites (N-methyl/N-ethyl adjacent to an activating group) is 1. The monoisotopic (exact) mass is 306 g/mol. The number of carbonyl (C=O) groups is 2. The summed E-state index contributed by atoms with van der Waals surface area (Å²) in [5.74, 6) is -1.77. The van der Waals surface area contributed by atoms with Crippen molar-refractivity contribution in [1.82, 2.24) is 9.62 Å². The predicted octanol–water partition coefficient (Wildman–Crippen LogP) is -0.0421. The SMILES string of the molecule is CC(C(=O)O)N(C)C(=O)CNS(=O)(=O)c1cccs1. The molecule has 2 N–H and O–H groups in total. The van der Waals surface area contributed by atoms with Crippen molar-refractivity contribution in [1.29, 1.82) is 0 Å². The number of hydrogen-bond acceptors (Lipinski definition) is 5. The second-order valence-electron chi connectivity index (χ2n) is 3.78. The number of rotatable bonds is 6. The molecule has 1 aromatic rings. The third-order valence-electron chi connectivity index (χ3n) is 2.51. The van der Waals surface area contributed by atoms with Crippen LogP contribution in [0.5, 0.6) is 0 Å². The van der Waals surface area contributed by atoms with E-state index in [1.807, 2.05) is 0 Å². The van der Waals surface area contributed by atoms with Gasteiger partial charge in [0.25, 0.3) is 10.0 Å². The summed E-state index contributed by atoms with van der Waals surface area (Å²) in [5, 5.41) is 10.4. The zero-order chi connectivity index (χ0) is 14.6. The van der Waals surface area contributed by atoms with Gasteiger partial charge in [-0.25, -0.2) is 17.9 Å². The van der Waals surface area contributed by atoms with Crippen LogP contribution in [0.4, 0.5) is 0 Å². The van der Waals surface area contributed by atoms with Gasteiger partial charge in [-0.1, -0.05) is 6.07 Å². The maximum absolute atomic E-state index is 11.7. The summed E-state index contributed by atoms with van der Waals surface area (Å²) >= 11 is 1.03. The highest BCUT2D eigenvalue weighted by atomic mass is 32.2. The van der Waals surface area contributed by atoms with Crippen LogP contribution < -0.4 is 4.72 Å². The Morgan fingerprint density at radius 3 is 2.63 bits per heavy atom. The first-order valence-corrected chi connectivity index (χ1v) is 7.63. The van der Waals surface area contributed by atoms with Crippen LogP contribution in [-0.4, -0.2) is 49.9 Å². The van der Waals surface area contributed by atoms with Crippen LogP contribution in [0, 0.1) is 0 Å². The average molecular weight is 306 g/mol.